The maximum Gasteiger partial charge on any atom is 0.277 e. The molecule has 0 atom stereocenters. The average Bonchev–Trinajstić information content (AvgIpc) is 2.78. The topological polar surface area (TPSA) is 69.2 Å². The van der Waals surface area contributed by atoms with Crippen LogP contribution >= 0.6 is 15.9 Å². The van der Waals surface area contributed by atoms with E-state index in [0.717, 1.165) is 16.9 Å². The van der Waals surface area contributed by atoms with Gasteiger partial charge in [-0.3, -0.25) is 4.79 Å². The van der Waals surface area contributed by atoms with Crippen molar-refractivity contribution in [2.24, 2.45) is 5.10 Å². The largest absolute Gasteiger partial charge is 0.497 e. The van der Waals surface area contributed by atoms with E-state index < -0.39 is 0 Å². The first kappa shape index (κ1) is 21.4. The summed E-state index contributed by atoms with van der Waals surface area (Å²) >= 11 is 3.37. The molecule has 0 saturated heterocycles. The first-order valence-electron chi connectivity index (χ1n) is 9.19. The molecule has 30 heavy (non-hydrogen) atoms. The van der Waals surface area contributed by atoms with E-state index in [4.69, 9.17) is 14.2 Å². The summed E-state index contributed by atoms with van der Waals surface area (Å²) in [4.78, 5) is 11.9. The van der Waals surface area contributed by atoms with Crippen molar-refractivity contribution >= 4 is 28.1 Å². The molecule has 0 radical (unpaired) electrons. The van der Waals surface area contributed by atoms with E-state index >= 15 is 0 Å². The van der Waals surface area contributed by atoms with Gasteiger partial charge in [0.2, 0.25) is 0 Å². The third-order valence-corrected chi connectivity index (χ3v) is 4.65. The number of benzene rings is 3. The fourth-order valence-electron chi connectivity index (χ4n) is 2.47. The van der Waals surface area contributed by atoms with Crippen LogP contribution in [0.2, 0.25) is 0 Å². The highest BCUT2D eigenvalue weighted by Gasteiger charge is 2.06. The van der Waals surface area contributed by atoms with Crippen LogP contribution in [0, 0.1) is 0 Å². The number of nitrogens with zero attached hydrogens (tertiary/aromatic N) is 1. The van der Waals surface area contributed by atoms with E-state index in [0.29, 0.717) is 22.6 Å². The number of hydrogen-bond acceptors (Lipinski definition) is 5. The Hall–Kier alpha value is -3.32. The van der Waals surface area contributed by atoms with Crippen molar-refractivity contribution in [2.75, 3.05) is 13.7 Å². The van der Waals surface area contributed by atoms with Crippen LogP contribution in [0.3, 0.4) is 0 Å². The van der Waals surface area contributed by atoms with Crippen molar-refractivity contribution in [3.05, 3.63) is 88.4 Å². The molecule has 0 heterocycles. The number of methoxy groups -OCH3 is 1. The number of nitrogens with one attached hydrogen (secondary N) is 1. The fraction of sp³-hybridized carbons (Fsp3) is 0.130. The molecule has 0 unspecified atom stereocenters. The Morgan fingerprint density at radius 1 is 1.00 bits per heavy atom. The minimum atomic E-state index is -0.364. The van der Waals surface area contributed by atoms with E-state index in [1.165, 1.54) is 0 Å². The predicted octanol–water partition coefficient (Wildman–Crippen LogP) is 4.57. The van der Waals surface area contributed by atoms with Gasteiger partial charge in [-0.25, -0.2) is 5.43 Å². The normalized spacial score (nSPS) is 10.6. The van der Waals surface area contributed by atoms with Crippen molar-refractivity contribution < 1.29 is 19.0 Å². The Kier molecular flexibility index (Phi) is 7.86. The molecule has 3 aromatic carbocycles. The maximum atomic E-state index is 11.9. The number of amides is 1. The van der Waals surface area contributed by atoms with Gasteiger partial charge < -0.3 is 14.2 Å². The van der Waals surface area contributed by atoms with Crippen molar-refractivity contribution in [1.29, 1.82) is 0 Å². The SMILES string of the molecule is COc1ccc(OCC(=O)N/N=C\c2ccc(OCc3ccccc3)cc2)c(Br)c1. The summed E-state index contributed by atoms with van der Waals surface area (Å²) in [6.45, 7) is 0.350. The second-order valence-corrected chi connectivity index (χ2v) is 7.08. The Labute approximate surface area is 183 Å². The molecule has 1 N–H and O–H groups in total. The molecule has 0 saturated carbocycles. The molecule has 0 fully saturated rings. The van der Waals surface area contributed by atoms with Crippen LogP contribution in [0.1, 0.15) is 11.1 Å². The molecule has 6 nitrogen and oxygen atoms in total. The molecule has 0 bridgehead atoms. The van der Waals surface area contributed by atoms with E-state index in [1.54, 1.807) is 31.5 Å². The van der Waals surface area contributed by atoms with Crippen molar-refractivity contribution in [3.8, 4) is 17.2 Å². The van der Waals surface area contributed by atoms with Gasteiger partial charge in [-0.2, -0.15) is 5.10 Å². The van der Waals surface area contributed by atoms with Crippen LogP contribution in [0.25, 0.3) is 0 Å². The summed E-state index contributed by atoms with van der Waals surface area (Å²) in [5.74, 6) is 1.64. The molecule has 3 rings (SSSR count). The molecule has 0 aliphatic rings. The summed E-state index contributed by atoms with van der Waals surface area (Å²) in [6, 6.07) is 22.6. The van der Waals surface area contributed by atoms with E-state index in [2.05, 4.69) is 26.5 Å². The standard InChI is InChI=1S/C23H21BrN2O4/c1-28-20-11-12-22(21(24)13-20)30-16-23(27)26-25-14-17-7-9-19(10-8-17)29-15-18-5-3-2-4-6-18/h2-14H,15-16H2,1H3,(H,26,27)/b25-14-. The van der Waals surface area contributed by atoms with Crippen molar-refractivity contribution in [1.82, 2.24) is 5.43 Å². The Balaban J connectivity index is 1.42. The summed E-state index contributed by atoms with van der Waals surface area (Å²) in [5, 5.41) is 3.95. The van der Waals surface area contributed by atoms with Gasteiger partial charge in [0.25, 0.3) is 5.91 Å². The molecule has 1 amide bonds. The van der Waals surface area contributed by atoms with E-state index in [-0.39, 0.29) is 12.5 Å². The monoisotopic (exact) mass is 468 g/mol. The lowest BCUT2D eigenvalue weighted by Gasteiger charge is -2.08. The summed E-state index contributed by atoms with van der Waals surface area (Å²) in [6.07, 6.45) is 1.56. The molecule has 154 valence electrons. The number of carbonyl (C=O) groups is 1. The van der Waals surface area contributed by atoms with Crippen LogP contribution in [0.4, 0.5) is 0 Å². The minimum Gasteiger partial charge on any atom is -0.497 e. The predicted molar refractivity (Wildman–Crippen MR) is 119 cm³/mol. The van der Waals surface area contributed by atoms with Gasteiger partial charge in [0, 0.05) is 0 Å². The number of ether oxygens (including phenoxy) is 3. The fourth-order valence-corrected chi connectivity index (χ4v) is 2.94. The molecule has 0 aliphatic heterocycles. The second kappa shape index (κ2) is 11.0. The molecule has 0 aromatic heterocycles. The number of rotatable bonds is 9. The average molecular weight is 469 g/mol. The zero-order valence-corrected chi connectivity index (χ0v) is 18.0. The lowest BCUT2D eigenvalue weighted by Crippen LogP contribution is -2.24. The van der Waals surface area contributed by atoms with Gasteiger partial charge in [-0.15, -0.1) is 0 Å². The maximum absolute atomic E-state index is 11.9. The van der Waals surface area contributed by atoms with Gasteiger partial charge in [0.05, 0.1) is 17.8 Å². The minimum absolute atomic E-state index is 0.158. The first-order valence-corrected chi connectivity index (χ1v) is 9.98. The van der Waals surface area contributed by atoms with Crippen LogP contribution in [-0.2, 0) is 11.4 Å². The smallest absolute Gasteiger partial charge is 0.277 e. The van der Waals surface area contributed by atoms with E-state index in [9.17, 15) is 4.79 Å². The van der Waals surface area contributed by atoms with Gasteiger partial charge >= 0.3 is 0 Å². The van der Waals surface area contributed by atoms with Gasteiger partial charge in [-0.05, 0) is 69.5 Å². The number of carbonyl (C=O) groups excluding carboxylic acids is 1. The third-order valence-electron chi connectivity index (χ3n) is 4.03. The zero-order chi connectivity index (χ0) is 21.2. The quantitative estimate of drug-likeness (QED) is 0.369. The molecule has 0 aliphatic carbocycles. The molecular weight excluding hydrogens is 448 g/mol. The highest BCUT2D eigenvalue weighted by molar-refractivity contribution is 9.10. The molecule has 0 spiro atoms. The summed E-state index contributed by atoms with van der Waals surface area (Å²) in [7, 11) is 1.58. The number of hydrogen-bond donors (Lipinski definition) is 1. The van der Waals surface area contributed by atoms with Gasteiger partial charge in [0.15, 0.2) is 6.61 Å². The lowest BCUT2D eigenvalue weighted by atomic mass is 10.2. The van der Waals surface area contributed by atoms with Gasteiger partial charge in [-0.1, -0.05) is 30.3 Å². The van der Waals surface area contributed by atoms with Crippen molar-refractivity contribution in [2.45, 2.75) is 6.61 Å². The van der Waals surface area contributed by atoms with Crippen LogP contribution in [0.5, 0.6) is 17.2 Å². The van der Waals surface area contributed by atoms with E-state index in [1.807, 2.05) is 54.6 Å². The van der Waals surface area contributed by atoms with Crippen molar-refractivity contribution in [3.63, 3.8) is 0 Å². The Bertz CT molecular complexity index is 992. The molecule has 7 heteroatoms. The summed E-state index contributed by atoms with van der Waals surface area (Å²) < 4.78 is 17.0. The third kappa shape index (κ3) is 6.63. The molecule has 3 aromatic rings. The van der Waals surface area contributed by atoms with Crippen LogP contribution in [0.15, 0.2) is 82.4 Å². The summed E-state index contributed by atoms with van der Waals surface area (Å²) in [5.41, 5.74) is 4.38. The van der Waals surface area contributed by atoms with Crippen LogP contribution < -0.4 is 19.6 Å². The highest BCUT2D eigenvalue weighted by Crippen LogP contribution is 2.28. The first-order chi connectivity index (χ1) is 14.6. The van der Waals surface area contributed by atoms with Crippen LogP contribution in [-0.4, -0.2) is 25.8 Å². The molecular formula is C23H21BrN2O4. The zero-order valence-electron chi connectivity index (χ0n) is 16.4. The Morgan fingerprint density at radius 2 is 1.73 bits per heavy atom. The lowest BCUT2D eigenvalue weighted by molar-refractivity contribution is -0.123. The Morgan fingerprint density at radius 3 is 2.43 bits per heavy atom. The number of hydrazone groups is 1. The number of halogens is 1. The van der Waals surface area contributed by atoms with Gasteiger partial charge in [0.1, 0.15) is 23.9 Å². The second-order valence-electron chi connectivity index (χ2n) is 6.22. The highest BCUT2D eigenvalue weighted by atomic mass is 79.9.